The number of aromatic nitrogens is 6. The average Bonchev–Trinajstić information content (AvgIpc) is 3.44. The van der Waals surface area contributed by atoms with Crippen LogP contribution in [0.2, 0.25) is 0 Å². The van der Waals surface area contributed by atoms with Crippen LogP contribution >= 0.6 is 0 Å². The Hall–Kier alpha value is -4.47. The average molecular weight is 444 g/mol. The van der Waals surface area contributed by atoms with Crippen LogP contribution in [0.3, 0.4) is 0 Å². The Bertz CT molecular complexity index is 1400. The number of hydrogen-bond donors (Lipinski definition) is 3. The van der Waals surface area contributed by atoms with Crippen molar-refractivity contribution in [1.29, 1.82) is 0 Å². The Morgan fingerprint density at radius 2 is 1.48 bits per heavy atom. The van der Waals surface area contributed by atoms with E-state index in [-0.39, 0.29) is 11.8 Å². The minimum atomic E-state index is -0.323. The van der Waals surface area contributed by atoms with Crippen molar-refractivity contribution in [2.45, 2.75) is 13.8 Å². The van der Waals surface area contributed by atoms with Crippen LogP contribution < -0.4 is 10.6 Å². The van der Waals surface area contributed by atoms with Gasteiger partial charge in [-0.15, -0.1) is 0 Å². The molecule has 0 unspecified atom stereocenters. The summed E-state index contributed by atoms with van der Waals surface area (Å²) < 4.78 is 3.48. The summed E-state index contributed by atoms with van der Waals surface area (Å²) >= 11 is 0. The molecule has 4 aromatic rings. The molecule has 0 bridgehead atoms. The molecular weight excluding hydrogens is 420 g/mol. The van der Waals surface area contributed by atoms with E-state index in [1.165, 1.54) is 12.2 Å². The first-order valence-electron chi connectivity index (χ1n) is 10.3. The third kappa shape index (κ3) is 4.74. The van der Waals surface area contributed by atoms with Crippen LogP contribution in [0.4, 0.5) is 11.5 Å². The van der Waals surface area contributed by atoms with E-state index < -0.39 is 0 Å². The zero-order valence-corrected chi connectivity index (χ0v) is 18.7. The number of aryl methyl sites for hydroxylation is 2. The summed E-state index contributed by atoms with van der Waals surface area (Å²) in [5.41, 5.74) is 4.97. The Balaban J connectivity index is 1.45. The Labute approximate surface area is 190 Å². The van der Waals surface area contributed by atoms with Gasteiger partial charge in [-0.25, -0.2) is 0 Å². The second-order valence-corrected chi connectivity index (χ2v) is 7.60. The molecule has 33 heavy (non-hydrogen) atoms. The van der Waals surface area contributed by atoms with E-state index in [4.69, 9.17) is 0 Å². The summed E-state index contributed by atoms with van der Waals surface area (Å²) in [4.78, 5) is 24.7. The van der Waals surface area contributed by atoms with E-state index in [1.807, 2.05) is 27.9 Å². The van der Waals surface area contributed by atoms with E-state index in [2.05, 4.69) is 31.0 Å². The molecule has 2 amide bonds. The van der Waals surface area contributed by atoms with Crippen LogP contribution in [0.25, 0.3) is 23.1 Å². The summed E-state index contributed by atoms with van der Waals surface area (Å²) in [6.07, 6.45) is 9.71. The monoisotopic (exact) mass is 444 g/mol. The lowest BCUT2D eigenvalue weighted by molar-refractivity contribution is -0.112. The number of hydrogen-bond acceptors (Lipinski definition) is 5. The van der Waals surface area contributed by atoms with Gasteiger partial charge in [0.1, 0.15) is 0 Å². The second-order valence-electron chi connectivity index (χ2n) is 7.60. The highest BCUT2D eigenvalue weighted by Crippen LogP contribution is 2.24. The number of nitrogens with one attached hydrogen (secondary N) is 3. The number of fused-ring (bicyclic) bond motifs is 1. The highest BCUT2D eigenvalue weighted by molar-refractivity contribution is 6.08. The molecule has 0 atom stereocenters. The van der Waals surface area contributed by atoms with Crippen LogP contribution in [0.5, 0.6) is 0 Å². The van der Waals surface area contributed by atoms with Crippen molar-refractivity contribution in [3.05, 3.63) is 65.3 Å². The lowest BCUT2D eigenvalue weighted by Gasteiger charge is -2.03. The van der Waals surface area contributed by atoms with E-state index >= 15 is 0 Å². The SMILES string of the molecule is Cc1c(/C=C/C(=O)Nc2ccc3[nH]nc(NC(=O)/C=C/c4cnn(C)c4C)c3c2)cnn1C. The number of aromatic amines is 1. The fourth-order valence-corrected chi connectivity index (χ4v) is 3.22. The summed E-state index contributed by atoms with van der Waals surface area (Å²) in [6.45, 7) is 3.86. The molecule has 0 saturated heterocycles. The molecule has 4 rings (SSSR count). The Kier molecular flexibility index (Phi) is 5.90. The van der Waals surface area contributed by atoms with Crippen molar-refractivity contribution in [3.63, 3.8) is 0 Å². The van der Waals surface area contributed by atoms with Gasteiger partial charge >= 0.3 is 0 Å². The smallest absolute Gasteiger partial charge is 0.249 e. The largest absolute Gasteiger partial charge is 0.322 e. The van der Waals surface area contributed by atoms with Gasteiger partial charge in [0.25, 0.3) is 0 Å². The van der Waals surface area contributed by atoms with Gasteiger partial charge in [-0.1, -0.05) is 0 Å². The number of H-pyrrole nitrogens is 1. The van der Waals surface area contributed by atoms with E-state index in [0.717, 1.165) is 28.0 Å². The van der Waals surface area contributed by atoms with Gasteiger partial charge in [0.15, 0.2) is 5.82 Å². The van der Waals surface area contributed by atoms with Gasteiger partial charge in [0.05, 0.1) is 17.9 Å². The predicted molar refractivity (Wildman–Crippen MR) is 127 cm³/mol. The molecule has 1 aromatic carbocycles. The molecule has 3 aromatic heterocycles. The van der Waals surface area contributed by atoms with Gasteiger partial charge < -0.3 is 10.6 Å². The van der Waals surface area contributed by atoms with E-state index in [9.17, 15) is 9.59 Å². The molecule has 0 fully saturated rings. The van der Waals surface area contributed by atoms with Crippen molar-refractivity contribution >= 4 is 46.4 Å². The molecular formula is C23H24N8O2. The third-order valence-electron chi connectivity index (χ3n) is 5.45. The van der Waals surface area contributed by atoms with Crippen LogP contribution in [-0.4, -0.2) is 41.6 Å². The fourth-order valence-electron chi connectivity index (χ4n) is 3.22. The first-order chi connectivity index (χ1) is 15.8. The maximum Gasteiger partial charge on any atom is 0.249 e. The van der Waals surface area contributed by atoms with Crippen molar-refractivity contribution in [1.82, 2.24) is 29.8 Å². The number of rotatable bonds is 6. The van der Waals surface area contributed by atoms with Crippen LogP contribution in [-0.2, 0) is 23.7 Å². The number of carbonyl (C=O) groups is 2. The highest BCUT2D eigenvalue weighted by Gasteiger charge is 2.10. The van der Waals surface area contributed by atoms with Crippen LogP contribution in [0, 0.1) is 13.8 Å². The lowest BCUT2D eigenvalue weighted by atomic mass is 10.2. The van der Waals surface area contributed by atoms with Crippen LogP contribution in [0.15, 0.2) is 42.7 Å². The topological polar surface area (TPSA) is 123 Å². The van der Waals surface area contributed by atoms with Crippen molar-refractivity contribution in [2.24, 2.45) is 14.1 Å². The minimum Gasteiger partial charge on any atom is -0.322 e. The van der Waals surface area contributed by atoms with Gasteiger partial charge in [0, 0.05) is 59.8 Å². The standard InChI is InChI=1S/C23H24N8O2/c1-14-16(12-24-30(14)3)5-9-21(32)26-18-7-8-20-19(11-18)23(29-28-20)27-22(33)10-6-17-13-25-31(4)15(17)2/h5-13H,1-4H3,(H,26,32)(H2,27,28,29,33)/b9-5+,10-6+. The van der Waals surface area contributed by atoms with Crippen LogP contribution in [0.1, 0.15) is 22.5 Å². The van der Waals surface area contributed by atoms with E-state index in [0.29, 0.717) is 16.9 Å². The van der Waals surface area contributed by atoms with Gasteiger partial charge in [0.2, 0.25) is 11.8 Å². The molecule has 168 valence electrons. The molecule has 0 aliphatic carbocycles. The zero-order valence-electron chi connectivity index (χ0n) is 18.7. The molecule has 0 radical (unpaired) electrons. The third-order valence-corrected chi connectivity index (χ3v) is 5.45. The number of nitrogens with zero attached hydrogens (tertiary/aromatic N) is 5. The zero-order chi connectivity index (χ0) is 23.5. The first-order valence-corrected chi connectivity index (χ1v) is 10.3. The Morgan fingerprint density at radius 3 is 2.03 bits per heavy atom. The van der Waals surface area contributed by atoms with Crippen molar-refractivity contribution in [2.75, 3.05) is 10.6 Å². The fraction of sp³-hybridized carbons (Fsp3) is 0.174. The number of anilines is 2. The van der Waals surface area contributed by atoms with E-state index in [1.54, 1.807) is 52.1 Å². The quantitative estimate of drug-likeness (QED) is 0.395. The molecule has 0 saturated carbocycles. The second kappa shape index (κ2) is 8.95. The molecule has 3 N–H and O–H groups in total. The first kappa shape index (κ1) is 21.8. The molecule has 0 aliphatic heterocycles. The maximum absolute atomic E-state index is 12.4. The summed E-state index contributed by atoms with van der Waals surface area (Å²) in [5, 5.41) is 21.6. The number of amides is 2. The lowest BCUT2D eigenvalue weighted by Crippen LogP contribution is -2.09. The van der Waals surface area contributed by atoms with Crippen molar-refractivity contribution < 1.29 is 9.59 Å². The maximum atomic E-state index is 12.4. The molecule has 0 aliphatic rings. The summed E-state index contributed by atoms with van der Waals surface area (Å²) in [6, 6.07) is 5.31. The Morgan fingerprint density at radius 1 is 0.909 bits per heavy atom. The number of carbonyl (C=O) groups excluding carboxylic acids is 2. The predicted octanol–water partition coefficient (Wildman–Crippen LogP) is 2.95. The summed E-state index contributed by atoms with van der Waals surface area (Å²) in [7, 11) is 3.69. The highest BCUT2D eigenvalue weighted by atomic mass is 16.2. The molecule has 3 heterocycles. The van der Waals surface area contributed by atoms with Crippen molar-refractivity contribution in [3.8, 4) is 0 Å². The minimum absolute atomic E-state index is 0.276. The number of benzene rings is 1. The molecule has 10 nitrogen and oxygen atoms in total. The van der Waals surface area contributed by atoms with Gasteiger partial charge in [-0.05, 0) is 44.2 Å². The molecule has 0 spiro atoms. The normalized spacial score (nSPS) is 11.6. The molecule has 10 heteroatoms. The summed E-state index contributed by atoms with van der Waals surface area (Å²) in [5.74, 6) is -0.225. The van der Waals surface area contributed by atoms with Gasteiger partial charge in [-0.3, -0.25) is 24.1 Å². The van der Waals surface area contributed by atoms with Gasteiger partial charge in [-0.2, -0.15) is 15.3 Å².